The molecule has 7 nitrogen and oxygen atoms in total. The Morgan fingerprint density at radius 3 is 2.07 bits per heavy atom. The Labute approximate surface area is 268 Å². The smallest absolute Gasteiger partial charge is 0.272 e. The highest BCUT2D eigenvalue weighted by Gasteiger charge is 2.23. The topological polar surface area (TPSA) is 100 Å². The molecule has 45 heavy (non-hydrogen) atoms. The van der Waals surface area contributed by atoms with Gasteiger partial charge in [0.25, 0.3) is 11.8 Å². The minimum absolute atomic E-state index is 0.0403. The zero-order chi connectivity index (χ0) is 31.6. The maximum absolute atomic E-state index is 14.6. The third-order valence-corrected chi connectivity index (χ3v) is 8.07. The first-order chi connectivity index (χ1) is 21.9. The van der Waals surface area contributed by atoms with Crippen LogP contribution in [0.15, 0.2) is 138 Å². The lowest BCUT2D eigenvalue weighted by atomic mass is 10.1. The summed E-state index contributed by atoms with van der Waals surface area (Å²) in [6.07, 6.45) is 4.40. The molecule has 3 N–H and O–H groups in total. The second kappa shape index (κ2) is 15.0. The third-order valence-electron chi connectivity index (χ3n) is 6.47. The number of halogens is 2. The van der Waals surface area contributed by atoms with Crippen LogP contribution < -0.4 is 16.0 Å². The van der Waals surface area contributed by atoms with Crippen molar-refractivity contribution < 1.29 is 18.8 Å². The predicted molar refractivity (Wildman–Crippen MR) is 176 cm³/mol. The van der Waals surface area contributed by atoms with E-state index in [4.69, 9.17) is 11.6 Å². The van der Waals surface area contributed by atoms with Gasteiger partial charge in [-0.25, -0.2) is 4.39 Å². The Hall–Kier alpha value is -5.25. The van der Waals surface area contributed by atoms with Crippen molar-refractivity contribution in [2.75, 3.05) is 10.6 Å². The molecule has 10 heteroatoms. The number of rotatable bonds is 10. The van der Waals surface area contributed by atoms with Crippen LogP contribution in [-0.4, -0.2) is 22.7 Å². The van der Waals surface area contributed by atoms with Crippen molar-refractivity contribution in [2.45, 2.75) is 10.1 Å². The first-order valence-electron chi connectivity index (χ1n) is 13.7. The van der Waals surface area contributed by atoms with E-state index in [0.717, 1.165) is 10.5 Å². The van der Waals surface area contributed by atoms with Crippen LogP contribution >= 0.6 is 23.4 Å². The number of hydrogen-bond donors (Lipinski definition) is 3. The van der Waals surface area contributed by atoms with Gasteiger partial charge in [-0.3, -0.25) is 19.4 Å². The number of carbonyl (C=O) groups is 3. The molecule has 0 aliphatic rings. The fourth-order valence-corrected chi connectivity index (χ4v) is 5.47. The molecule has 0 aliphatic carbocycles. The molecule has 1 atom stereocenters. The van der Waals surface area contributed by atoms with Gasteiger partial charge >= 0.3 is 0 Å². The third kappa shape index (κ3) is 8.44. The van der Waals surface area contributed by atoms with E-state index in [1.165, 1.54) is 36.0 Å². The van der Waals surface area contributed by atoms with E-state index in [-0.39, 0.29) is 22.2 Å². The van der Waals surface area contributed by atoms with Crippen molar-refractivity contribution >= 4 is 58.5 Å². The molecule has 0 bridgehead atoms. The molecule has 5 aromatic rings. The van der Waals surface area contributed by atoms with Crippen molar-refractivity contribution in [2.24, 2.45) is 0 Å². The van der Waals surface area contributed by atoms with Gasteiger partial charge in [-0.15, -0.1) is 11.8 Å². The predicted octanol–water partition coefficient (Wildman–Crippen LogP) is 7.76. The number of hydrogen-bond acceptors (Lipinski definition) is 5. The van der Waals surface area contributed by atoms with E-state index in [0.29, 0.717) is 16.9 Å². The summed E-state index contributed by atoms with van der Waals surface area (Å²) in [5.41, 5.74) is 1.95. The van der Waals surface area contributed by atoms with Gasteiger partial charge in [-0.1, -0.05) is 66.2 Å². The summed E-state index contributed by atoms with van der Waals surface area (Å²) in [5, 5.41) is 7.77. The number of nitrogens with one attached hydrogen (secondary N) is 3. The highest BCUT2D eigenvalue weighted by molar-refractivity contribution is 8.00. The first-order valence-corrected chi connectivity index (χ1v) is 15.0. The number of nitrogens with zero attached hydrogens (tertiary/aromatic N) is 1. The SMILES string of the molecule is O=C(Nc1ccc(SC(C(=O)Nc2ccncc2)c2ccccc2)cc1)/C(=C/c1c(F)cccc1Cl)NC(=O)c1ccccc1. The molecule has 0 saturated heterocycles. The molecule has 0 aliphatic heterocycles. The second-order valence-corrected chi connectivity index (χ2v) is 11.2. The molecule has 5 rings (SSSR count). The summed E-state index contributed by atoms with van der Waals surface area (Å²) in [5.74, 6) is -2.08. The Morgan fingerprint density at radius 1 is 0.756 bits per heavy atom. The van der Waals surface area contributed by atoms with Crippen LogP contribution in [0.2, 0.25) is 5.02 Å². The van der Waals surface area contributed by atoms with E-state index < -0.39 is 22.9 Å². The van der Waals surface area contributed by atoms with Crippen LogP contribution in [0.4, 0.5) is 15.8 Å². The lowest BCUT2D eigenvalue weighted by Crippen LogP contribution is -2.30. The molecule has 1 aromatic heterocycles. The standard InChI is InChI=1S/C35H26ClFN4O3S/c36-29-12-7-13-30(37)28(29)22-31(41-33(42)24-10-5-2-6-11-24)34(43)39-25-14-16-27(17-15-25)45-32(23-8-3-1-4-9-23)35(44)40-26-18-20-38-21-19-26/h1-22,32H,(H,39,43)(H,41,42)(H,38,40,44)/b31-22-. The Morgan fingerprint density at radius 2 is 1.40 bits per heavy atom. The van der Waals surface area contributed by atoms with Crippen molar-refractivity contribution in [3.8, 4) is 0 Å². The molecular formula is C35H26ClFN4O3S. The van der Waals surface area contributed by atoms with Gasteiger partial charge < -0.3 is 16.0 Å². The monoisotopic (exact) mass is 636 g/mol. The number of benzene rings is 4. The molecule has 0 spiro atoms. The summed E-state index contributed by atoms with van der Waals surface area (Å²) in [4.78, 5) is 44.4. The summed E-state index contributed by atoms with van der Waals surface area (Å²) in [7, 11) is 0. The normalized spacial score (nSPS) is 11.7. The van der Waals surface area contributed by atoms with Crippen LogP contribution in [0.3, 0.4) is 0 Å². The molecule has 4 aromatic carbocycles. The largest absolute Gasteiger partial charge is 0.325 e. The molecule has 0 radical (unpaired) electrons. The van der Waals surface area contributed by atoms with Gasteiger partial charge in [-0.05, 0) is 72.3 Å². The molecule has 1 unspecified atom stereocenters. The van der Waals surface area contributed by atoms with Crippen LogP contribution in [0.5, 0.6) is 0 Å². The maximum Gasteiger partial charge on any atom is 0.272 e. The van der Waals surface area contributed by atoms with Crippen molar-refractivity contribution in [3.05, 3.63) is 161 Å². The molecule has 224 valence electrons. The highest BCUT2D eigenvalue weighted by Crippen LogP contribution is 2.36. The van der Waals surface area contributed by atoms with Crippen LogP contribution in [0, 0.1) is 5.82 Å². The first kappa shape index (κ1) is 31.2. The molecule has 3 amide bonds. The zero-order valence-electron chi connectivity index (χ0n) is 23.6. The average molecular weight is 637 g/mol. The fraction of sp³-hybridized carbons (Fsp3) is 0.0286. The summed E-state index contributed by atoms with van der Waals surface area (Å²) in [6.45, 7) is 0. The average Bonchev–Trinajstić information content (AvgIpc) is 3.06. The minimum Gasteiger partial charge on any atom is -0.325 e. The summed E-state index contributed by atoms with van der Waals surface area (Å²) >= 11 is 7.55. The summed E-state index contributed by atoms with van der Waals surface area (Å²) < 4.78 is 14.6. The highest BCUT2D eigenvalue weighted by atomic mass is 35.5. The number of anilines is 2. The number of carbonyl (C=O) groups excluding carboxylic acids is 3. The Bertz CT molecular complexity index is 1800. The molecule has 0 fully saturated rings. The van der Waals surface area contributed by atoms with Crippen LogP contribution in [-0.2, 0) is 9.59 Å². The fourth-order valence-electron chi connectivity index (χ4n) is 4.23. The van der Waals surface area contributed by atoms with E-state index in [9.17, 15) is 18.8 Å². The second-order valence-electron chi connectivity index (χ2n) is 9.63. The Balaban J connectivity index is 1.35. The molecule has 1 heterocycles. The van der Waals surface area contributed by atoms with Gasteiger partial charge in [0.1, 0.15) is 16.8 Å². The number of thioether (sulfide) groups is 1. The van der Waals surface area contributed by atoms with Crippen molar-refractivity contribution in [3.63, 3.8) is 0 Å². The lowest BCUT2D eigenvalue weighted by Gasteiger charge is -2.17. The van der Waals surface area contributed by atoms with E-state index >= 15 is 0 Å². The maximum atomic E-state index is 14.6. The number of pyridine rings is 1. The van der Waals surface area contributed by atoms with Gasteiger partial charge in [0.05, 0.1) is 5.02 Å². The van der Waals surface area contributed by atoms with Gasteiger partial charge in [-0.2, -0.15) is 0 Å². The van der Waals surface area contributed by atoms with Gasteiger partial charge in [0, 0.05) is 39.8 Å². The summed E-state index contributed by atoms with van der Waals surface area (Å²) in [6, 6.07) is 32.2. The van der Waals surface area contributed by atoms with Crippen LogP contribution in [0.1, 0.15) is 26.7 Å². The Kier molecular flexibility index (Phi) is 10.4. The number of aromatic nitrogens is 1. The lowest BCUT2D eigenvalue weighted by molar-refractivity contribution is -0.116. The zero-order valence-corrected chi connectivity index (χ0v) is 25.2. The van der Waals surface area contributed by atoms with Gasteiger partial charge in [0.2, 0.25) is 5.91 Å². The van der Waals surface area contributed by atoms with Crippen molar-refractivity contribution in [1.82, 2.24) is 10.3 Å². The number of amides is 3. The van der Waals surface area contributed by atoms with Crippen LogP contribution in [0.25, 0.3) is 6.08 Å². The van der Waals surface area contributed by atoms with Crippen molar-refractivity contribution in [1.29, 1.82) is 0 Å². The van der Waals surface area contributed by atoms with Gasteiger partial charge in [0.15, 0.2) is 0 Å². The van der Waals surface area contributed by atoms with E-state index in [2.05, 4.69) is 20.9 Å². The van der Waals surface area contributed by atoms with E-state index in [1.807, 2.05) is 30.3 Å². The quantitative estimate of drug-likeness (QED) is 0.107. The minimum atomic E-state index is -0.683. The molecular weight excluding hydrogens is 611 g/mol. The molecule has 0 saturated carbocycles. The van der Waals surface area contributed by atoms with E-state index in [1.54, 1.807) is 79.1 Å².